The first-order chi connectivity index (χ1) is 13.1. The van der Waals surface area contributed by atoms with Gasteiger partial charge in [0.05, 0.1) is 0 Å². The van der Waals surface area contributed by atoms with E-state index in [2.05, 4.69) is 11.7 Å². The van der Waals surface area contributed by atoms with Gasteiger partial charge in [-0.25, -0.2) is 0 Å². The van der Waals surface area contributed by atoms with Gasteiger partial charge in [-0.1, -0.05) is 64.7 Å². The van der Waals surface area contributed by atoms with Crippen LogP contribution in [0.2, 0.25) is 0 Å². The molecule has 1 aliphatic carbocycles. The third kappa shape index (κ3) is 8.72. The van der Waals surface area contributed by atoms with Gasteiger partial charge in [-0.15, -0.1) is 0 Å². The van der Waals surface area contributed by atoms with Crippen LogP contribution < -0.4 is 9.47 Å². The summed E-state index contributed by atoms with van der Waals surface area (Å²) >= 11 is 0. The fraction of sp³-hybridized carbons (Fsp3) is 0.682. The molecule has 0 aromatic heterocycles. The van der Waals surface area contributed by atoms with Crippen LogP contribution >= 0.6 is 0 Å². The average molecular weight is 382 g/mol. The highest BCUT2D eigenvalue weighted by molar-refractivity contribution is 5.72. The van der Waals surface area contributed by atoms with Crippen LogP contribution in [-0.4, -0.2) is 12.6 Å². The molecule has 27 heavy (non-hydrogen) atoms. The van der Waals surface area contributed by atoms with Gasteiger partial charge < -0.3 is 9.47 Å². The zero-order valence-corrected chi connectivity index (χ0v) is 16.3. The molecule has 152 valence electrons. The van der Waals surface area contributed by atoms with Crippen molar-refractivity contribution in [3.63, 3.8) is 0 Å². The molecule has 0 unspecified atom stereocenters. The molecule has 1 aromatic rings. The van der Waals surface area contributed by atoms with Crippen molar-refractivity contribution in [3.8, 4) is 11.5 Å². The van der Waals surface area contributed by atoms with Gasteiger partial charge in [0, 0.05) is 6.42 Å². The third-order valence-electron chi connectivity index (χ3n) is 5.47. The molecule has 1 saturated carbocycles. The first-order valence-corrected chi connectivity index (χ1v) is 10.3. The van der Waals surface area contributed by atoms with Crippen LogP contribution in [0.15, 0.2) is 24.3 Å². The van der Waals surface area contributed by atoms with Crippen LogP contribution in [0.25, 0.3) is 0 Å². The van der Waals surface area contributed by atoms with Crippen molar-refractivity contribution in [1.29, 1.82) is 0 Å². The van der Waals surface area contributed by atoms with Crippen LogP contribution in [0.5, 0.6) is 11.5 Å². The van der Waals surface area contributed by atoms with Gasteiger partial charge in [0.25, 0.3) is 0 Å². The highest BCUT2D eigenvalue weighted by atomic mass is 19.3. The van der Waals surface area contributed by atoms with E-state index in [-0.39, 0.29) is 11.7 Å². The summed E-state index contributed by atoms with van der Waals surface area (Å²) in [6.45, 7) is -0.613. The summed E-state index contributed by atoms with van der Waals surface area (Å²) in [5.41, 5.74) is 0. The molecule has 0 amide bonds. The summed E-state index contributed by atoms with van der Waals surface area (Å²) in [6.07, 6.45) is 13.0. The predicted molar refractivity (Wildman–Crippen MR) is 102 cm³/mol. The van der Waals surface area contributed by atoms with Gasteiger partial charge >= 0.3 is 12.6 Å². The second kappa shape index (κ2) is 11.9. The highest BCUT2D eigenvalue weighted by Crippen LogP contribution is 2.34. The minimum atomic E-state index is -2.86. The number of benzene rings is 1. The molecule has 0 aliphatic heterocycles. The van der Waals surface area contributed by atoms with Gasteiger partial charge in [-0.05, 0) is 42.5 Å². The molecule has 0 atom stereocenters. The van der Waals surface area contributed by atoms with E-state index in [1.54, 1.807) is 0 Å². The number of hydrogen-bond acceptors (Lipinski definition) is 3. The summed E-state index contributed by atoms with van der Waals surface area (Å²) in [6, 6.07) is 5.69. The third-order valence-corrected chi connectivity index (χ3v) is 5.47. The fourth-order valence-electron chi connectivity index (χ4n) is 3.86. The summed E-state index contributed by atoms with van der Waals surface area (Å²) < 4.78 is 33.8. The number of rotatable bonds is 11. The molecule has 3 nitrogen and oxygen atoms in total. The Morgan fingerprint density at radius 3 is 2.15 bits per heavy atom. The summed E-state index contributed by atoms with van der Waals surface area (Å²) in [4.78, 5) is 12.0. The van der Waals surface area contributed by atoms with E-state index < -0.39 is 6.61 Å². The van der Waals surface area contributed by atoms with E-state index in [0.717, 1.165) is 12.3 Å². The lowest BCUT2D eigenvalue weighted by molar-refractivity contribution is -0.134. The molecule has 1 fully saturated rings. The number of ether oxygens (including phenoxy) is 2. The van der Waals surface area contributed by atoms with Crippen molar-refractivity contribution >= 4 is 5.97 Å². The van der Waals surface area contributed by atoms with E-state index in [0.29, 0.717) is 18.1 Å². The highest BCUT2D eigenvalue weighted by Gasteiger charge is 2.21. The largest absolute Gasteiger partial charge is 0.435 e. The van der Waals surface area contributed by atoms with Crippen molar-refractivity contribution in [2.75, 3.05) is 0 Å². The van der Waals surface area contributed by atoms with E-state index in [1.807, 2.05) is 0 Å². The van der Waals surface area contributed by atoms with E-state index in [9.17, 15) is 13.6 Å². The molecule has 0 N–H and O–H groups in total. The Labute approximate surface area is 161 Å². The van der Waals surface area contributed by atoms with Crippen LogP contribution in [0.4, 0.5) is 8.78 Å². The molecule has 0 bridgehead atoms. The topological polar surface area (TPSA) is 35.5 Å². The smallest absolute Gasteiger partial charge is 0.387 e. The monoisotopic (exact) mass is 382 g/mol. The second-order valence-electron chi connectivity index (χ2n) is 7.60. The number of carbonyl (C=O) groups is 1. The number of halogens is 2. The maximum atomic E-state index is 12.1. The zero-order valence-electron chi connectivity index (χ0n) is 16.3. The minimum Gasteiger partial charge on any atom is -0.435 e. The van der Waals surface area contributed by atoms with Gasteiger partial charge in [0.15, 0.2) is 0 Å². The number of carbonyl (C=O) groups excluding carboxylic acids is 1. The maximum absolute atomic E-state index is 12.1. The zero-order chi connectivity index (χ0) is 19.5. The molecular weight excluding hydrogens is 350 g/mol. The minimum absolute atomic E-state index is 0.0521. The van der Waals surface area contributed by atoms with E-state index >= 15 is 0 Å². The molecule has 0 heterocycles. The lowest BCUT2D eigenvalue weighted by atomic mass is 9.78. The molecule has 0 spiro atoms. The molecular formula is C22H32F2O3. The molecule has 0 radical (unpaired) electrons. The molecule has 5 heteroatoms. The first kappa shape index (κ1) is 21.6. The number of unbranched alkanes of at least 4 members (excludes halogenated alkanes) is 3. The molecule has 2 rings (SSSR count). The van der Waals surface area contributed by atoms with Crippen LogP contribution in [0.3, 0.4) is 0 Å². The van der Waals surface area contributed by atoms with Crippen molar-refractivity contribution in [2.24, 2.45) is 11.8 Å². The fourth-order valence-corrected chi connectivity index (χ4v) is 3.86. The quantitative estimate of drug-likeness (QED) is 0.241. The van der Waals surface area contributed by atoms with Crippen molar-refractivity contribution in [3.05, 3.63) is 24.3 Å². The Hall–Kier alpha value is -1.65. The van der Waals surface area contributed by atoms with Crippen molar-refractivity contribution in [1.82, 2.24) is 0 Å². The van der Waals surface area contributed by atoms with Crippen molar-refractivity contribution in [2.45, 2.75) is 84.2 Å². The Morgan fingerprint density at radius 2 is 1.56 bits per heavy atom. The number of alkyl halides is 2. The molecule has 1 aliphatic rings. The summed E-state index contributed by atoms with van der Waals surface area (Å²) in [5.74, 6) is 1.64. The SMILES string of the molecule is CCCCCCC1CCC(CCC(=O)Oc2ccc(OC(F)F)cc2)CC1. The normalized spacial score (nSPS) is 19.9. The predicted octanol–water partition coefficient (Wildman–Crippen LogP) is 6.75. The first-order valence-electron chi connectivity index (χ1n) is 10.3. The Bertz CT molecular complexity index is 537. The summed E-state index contributed by atoms with van der Waals surface area (Å²) in [5, 5.41) is 0. The van der Waals surface area contributed by atoms with Crippen molar-refractivity contribution < 1.29 is 23.0 Å². The van der Waals surface area contributed by atoms with Crippen LogP contribution in [-0.2, 0) is 4.79 Å². The maximum Gasteiger partial charge on any atom is 0.387 e. The van der Waals surface area contributed by atoms with Crippen LogP contribution in [0, 0.1) is 11.8 Å². The lowest BCUT2D eigenvalue weighted by Gasteiger charge is -2.28. The molecule has 0 saturated heterocycles. The van der Waals surface area contributed by atoms with E-state index in [1.165, 1.54) is 82.1 Å². The van der Waals surface area contributed by atoms with Gasteiger partial charge in [0.1, 0.15) is 11.5 Å². The second-order valence-corrected chi connectivity index (χ2v) is 7.60. The Kier molecular flexibility index (Phi) is 9.57. The standard InChI is InChI=1S/C22H32F2O3/c1-2-3-4-5-6-17-7-9-18(10-8-17)11-16-21(25)26-19-12-14-20(15-13-19)27-22(23)24/h12-15,17-18,22H,2-11,16H2,1H3. The average Bonchev–Trinajstić information content (AvgIpc) is 2.66. The number of hydrogen-bond donors (Lipinski definition) is 0. The van der Waals surface area contributed by atoms with E-state index in [4.69, 9.17) is 4.74 Å². The summed E-state index contributed by atoms with van der Waals surface area (Å²) in [7, 11) is 0. The van der Waals surface area contributed by atoms with Gasteiger partial charge in [-0.3, -0.25) is 4.79 Å². The Balaban J connectivity index is 1.61. The molecule has 1 aromatic carbocycles. The Morgan fingerprint density at radius 1 is 0.963 bits per heavy atom. The van der Waals surface area contributed by atoms with Crippen LogP contribution in [0.1, 0.15) is 77.6 Å². The lowest BCUT2D eigenvalue weighted by Crippen LogP contribution is -2.17. The number of esters is 1. The van der Waals surface area contributed by atoms with Gasteiger partial charge in [0.2, 0.25) is 0 Å². The van der Waals surface area contributed by atoms with Gasteiger partial charge in [-0.2, -0.15) is 8.78 Å².